The van der Waals surface area contributed by atoms with Crippen LogP contribution in [0, 0.1) is 0 Å². The molecule has 0 saturated carbocycles. The summed E-state index contributed by atoms with van der Waals surface area (Å²) in [5, 5.41) is 0. The number of rotatable bonds is 8. The molecule has 120 valence electrons. The van der Waals surface area contributed by atoms with Crippen molar-refractivity contribution in [1.82, 2.24) is 0 Å². The maximum absolute atomic E-state index is 12.2. The summed E-state index contributed by atoms with van der Waals surface area (Å²) >= 11 is 0. The smallest absolute Gasteiger partial charge is 0.179 e. The molecule has 2 aromatic rings. The van der Waals surface area contributed by atoms with Crippen molar-refractivity contribution in [3.05, 3.63) is 71.8 Å². The second-order valence-corrected chi connectivity index (χ2v) is 5.60. The SMILES string of the molecule is N[C@H](CCC[C@H](N)C(=O)c1ccccc1)C(=O)c1ccccc1. The first kappa shape index (κ1) is 17.1. The molecule has 0 aliphatic rings. The first-order valence-electron chi connectivity index (χ1n) is 7.79. The molecule has 0 amide bonds. The molecule has 0 saturated heterocycles. The van der Waals surface area contributed by atoms with Gasteiger partial charge in [0.05, 0.1) is 12.1 Å². The summed E-state index contributed by atoms with van der Waals surface area (Å²) in [4.78, 5) is 24.3. The standard InChI is InChI=1S/C19H22N2O2/c20-16(18(22)14-8-3-1-4-9-14)12-7-13-17(21)19(23)15-10-5-2-6-11-15/h1-6,8-11,16-17H,7,12-13,20-21H2/t16-,17+. The van der Waals surface area contributed by atoms with Crippen LogP contribution in [-0.2, 0) is 0 Å². The van der Waals surface area contributed by atoms with Gasteiger partial charge in [0.1, 0.15) is 0 Å². The number of carbonyl (C=O) groups is 2. The zero-order valence-corrected chi connectivity index (χ0v) is 13.0. The molecular weight excluding hydrogens is 288 g/mol. The van der Waals surface area contributed by atoms with E-state index in [-0.39, 0.29) is 11.6 Å². The first-order chi connectivity index (χ1) is 11.1. The van der Waals surface area contributed by atoms with E-state index in [4.69, 9.17) is 11.5 Å². The van der Waals surface area contributed by atoms with Crippen molar-refractivity contribution in [1.29, 1.82) is 0 Å². The molecule has 23 heavy (non-hydrogen) atoms. The van der Waals surface area contributed by atoms with Gasteiger partial charge in [0, 0.05) is 11.1 Å². The number of hydrogen-bond acceptors (Lipinski definition) is 4. The van der Waals surface area contributed by atoms with Gasteiger partial charge >= 0.3 is 0 Å². The van der Waals surface area contributed by atoms with E-state index < -0.39 is 12.1 Å². The van der Waals surface area contributed by atoms with Gasteiger partial charge in [-0.05, 0) is 19.3 Å². The second kappa shape index (κ2) is 8.36. The zero-order valence-electron chi connectivity index (χ0n) is 13.0. The summed E-state index contributed by atoms with van der Waals surface area (Å²) in [6.45, 7) is 0. The van der Waals surface area contributed by atoms with Gasteiger partial charge in [-0.1, -0.05) is 60.7 Å². The maximum Gasteiger partial charge on any atom is 0.179 e. The van der Waals surface area contributed by atoms with E-state index in [1.54, 1.807) is 24.3 Å². The van der Waals surface area contributed by atoms with Gasteiger partial charge in [0.2, 0.25) is 0 Å². The van der Waals surface area contributed by atoms with E-state index in [9.17, 15) is 9.59 Å². The third kappa shape index (κ3) is 4.84. The van der Waals surface area contributed by atoms with Crippen LogP contribution >= 0.6 is 0 Å². The van der Waals surface area contributed by atoms with Crippen LogP contribution in [-0.4, -0.2) is 23.7 Å². The zero-order chi connectivity index (χ0) is 16.7. The van der Waals surface area contributed by atoms with Gasteiger partial charge in [0.15, 0.2) is 11.6 Å². The fourth-order valence-electron chi connectivity index (χ4n) is 2.45. The fraction of sp³-hybridized carbons (Fsp3) is 0.263. The summed E-state index contributed by atoms with van der Waals surface area (Å²) in [5.74, 6) is -0.151. The minimum absolute atomic E-state index is 0.0754. The van der Waals surface area contributed by atoms with Crippen molar-refractivity contribution in [2.24, 2.45) is 11.5 Å². The van der Waals surface area contributed by atoms with E-state index >= 15 is 0 Å². The van der Waals surface area contributed by atoms with Gasteiger partial charge in [-0.25, -0.2) is 0 Å². The van der Waals surface area contributed by atoms with Gasteiger partial charge in [-0.3, -0.25) is 9.59 Å². The van der Waals surface area contributed by atoms with Crippen molar-refractivity contribution in [2.45, 2.75) is 31.3 Å². The molecule has 0 aliphatic carbocycles. The predicted molar refractivity (Wildman–Crippen MR) is 91.3 cm³/mol. The molecule has 4 heteroatoms. The van der Waals surface area contributed by atoms with E-state index in [1.807, 2.05) is 36.4 Å². The highest BCUT2D eigenvalue weighted by molar-refractivity contribution is 6.00. The van der Waals surface area contributed by atoms with Crippen molar-refractivity contribution < 1.29 is 9.59 Å². The molecule has 0 aromatic heterocycles. The number of ketones is 2. The van der Waals surface area contributed by atoms with Crippen LogP contribution in [0.4, 0.5) is 0 Å². The van der Waals surface area contributed by atoms with Gasteiger partial charge in [-0.2, -0.15) is 0 Å². The van der Waals surface area contributed by atoms with E-state index in [1.165, 1.54) is 0 Å². The molecule has 2 rings (SSSR count). The van der Waals surface area contributed by atoms with Crippen LogP contribution in [0.3, 0.4) is 0 Å². The predicted octanol–water partition coefficient (Wildman–Crippen LogP) is 2.58. The monoisotopic (exact) mass is 310 g/mol. The lowest BCUT2D eigenvalue weighted by molar-refractivity contribution is 0.0951. The summed E-state index contributed by atoms with van der Waals surface area (Å²) in [5.41, 5.74) is 13.1. The highest BCUT2D eigenvalue weighted by Gasteiger charge is 2.18. The molecule has 2 atom stereocenters. The van der Waals surface area contributed by atoms with Gasteiger partial charge in [-0.15, -0.1) is 0 Å². The van der Waals surface area contributed by atoms with Crippen molar-refractivity contribution in [3.63, 3.8) is 0 Å². The molecule has 0 heterocycles. The summed E-state index contributed by atoms with van der Waals surface area (Å²) in [6, 6.07) is 16.9. The Morgan fingerprint density at radius 2 is 1.04 bits per heavy atom. The molecular formula is C19H22N2O2. The van der Waals surface area contributed by atoms with E-state index in [0.29, 0.717) is 30.4 Å². The van der Waals surface area contributed by atoms with Crippen molar-refractivity contribution in [3.8, 4) is 0 Å². The van der Waals surface area contributed by atoms with Crippen molar-refractivity contribution in [2.75, 3.05) is 0 Å². The van der Waals surface area contributed by atoms with Crippen LogP contribution in [0.2, 0.25) is 0 Å². The van der Waals surface area contributed by atoms with Crippen molar-refractivity contribution >= 4 is 11.6 Å². The highest BCUT2D eigenvalue weighted by atomic mass is 16.1. The Labute approximate surface area is 136 Å². The third-order valence-electron chi connectivity index (χ3n) is 3.82. The number of hydrogen-bond donors (Lipinski definition) is 2. The molecule has 0 bridgehead atoms. The lowest BCUT2D eigenvalue weighted by Crippen LogP contribution is -2.33. The minimum atomic E-state index is -0.559. The van der Waals surface area contributed by atoms with Crippen LogP contribution in [0.1, 0.15) is 40.0 Å². The highest BCUT2D eigenvalue weighted by Crippen LogP contribution is 2.11. The number of carbonyl (C=O) groups excluding carboxylic acids is 2. The molecule has 0 radical (unpaired) electrons. The van der Waals surface area contributed by atoms with Crippen LogP contribution in [0.5, 0.6) is 0 Å². The quantitative estimate of drug-likeness (QED) is 0.734. The Bertz CT molecular complexity index is 583. The Balaban J connectivity index is 1.80. The molecule has 0 aliphatic heterocycles. The average Bonchev–Trinajstić information content (AvgIpc) is 2.61. The topological polar surface area (TPSA) is 86.2 Å². The summed E-state index contributed by atoms with van der Waals surface area (Å²) in [7, 11) is 0. The Kier molecular flexibility index (Phi) is 6.20. The second-order valence-electron chi connectivity index (χ2n) is 5.60. The fourth-order valence-corrected chi connectivity index (χ4v) is 2.45. The average molecular weight is 310 g/mol. The normalized spacial score (nSPS) is 13.3. The first-order valence-corrected chi connectivity index (χ1v) is 7.79. The molecule has 0 spiro atoms. The van der Waals surface area contributed by atoms with Crippen LogP contribution in [0.25, 0.3) is 0 Å². The molecule has 2 aromatic carbocycles. The number of Topliss-reactive ketones (excluding diaryl/α,β-unsaturated/α-hetero) is 2. The molecule has 4 nitrogen and oxygen atoms in total. The summed E-state index contributed by atoms with van der Waals surface area (Å²) in [6.07, 6.45) is 1.67. The van der Waals surface area contributed by atoms with E-state index in [0.717, 1.165) is 0 Å². The third-order valence-corrected chi connectivity index (χ3v) is 3.82. The maximum atomic E-state index is 12.2. The summed E-state index contributed by atoms with van der Waals surface area (Å²) < 4.78 is 0. The largest absolute Gasteiger partial charge is 0.321 e. The number of nitrogens with two attached hydrogens (primary N) is 2. The number of benzene rings is 2. The minimum Gasteiger partial charge on any atom is -0.321 e. The molecule has 0 fully saturated rings. The molecule has 4 N–H and O–H groups in total. The lowest BCUT2D eigenvalue weighted by atomic mass is 9.96. The van der Waals surface area contributed by atoms with Crippen LogP contribution in [0.15, 0.2) is 60.7 Å². The molecule has 0 unspecified atom stereocenters. The Morgan fingerprint density at radius 3 is 1.39 bits per heavy atom. The Hall–Kier alpha value is -2.30. The van der Waals surface area contributed by atoms with E-state index in [2.05, 4.69) is 0 Å². The van der Waals surface area contributed by atoms with Gasteiger partial charge in [0.25, 0.3) is 0 Å². The van der Waals surface area contributed by atoms with Gasteiger partial charge < -0.3 is 11.5 Å². The Morgan fingerprint density at radius 1 is 0.696 bits per heavy atom. The van der Waals surface area contributed by atoms with Crippen LogP contribution < -0.4 is 11.5 Å². The lowest BCUT2D eigenvalue weighted by Gasteiger charge is -2.13.